The molecule has 0 bridgehead atoms. The highest BCUT2D eigenvalue weighted by Crippen LogP contribution is 2.34. The first-order valence-electron chi connectivity index (χ1n) is 10.1. The molecular weight excluding hydrogens is 497 g/mol. The number of anilines is 1. The van der Waals surface area contributed by atoms with Crippen molar-refractivity contribution in [3.05, 3.63) is 98.9 Å². The van der Waals surface area contributed by atoms with Crippen molar-refractivity contribution < 1.29 is 17.9 Å². The second kappa shape index (κ2) is 10.3. The zero-order chi connectivity index (χ0) is 25.7. The summed E-state index contributed by atoms with van der Waals surface area (Å²) in [6, 6.07) is 17.7. The maximum Gasteiger partial charge on any atom is 0.417 e. The van der Waals surface area contributed by atoms with Crippen LogP contribution in [0.1, 0.15) is 16.7 Å². The fourth-order valence-corrected chi connectivity index (χ4v) is 3.20. The molecule has 0 aliphatic rings. The number of hydrazone groups is 1. The van der Waals surface area contributed by atoms with Gasteiger partial charge in [0.05, 0.1) is 17.5 Å². The molecule has 0 fully saturated rings. The van der Waals surface area contributed by atoms with Crippen LogP contribution in [0.3, 0.4) is 0 Å². The minimum atomic E-state index is -4.56. The van der Waals surface area contributed by atoms with E-state index in [1.165, 1.54) is 6.21 Å². The van der Waals surface area contributed by atoms with Gasteiger partial charge in [-0.15, -0.1) is 0 Å². The largest absolute Gasteiger partial charge is 0.438 e. The first kappa shape index (κ1) is 24.4. The molecule has 0 atom stereocenters. The highest BCUT2D eigenvalue weighted by atomic mass is 35.5. The Morgan fingerprint density at radius 2 is 1.86 bits per heavy atom. The average molecular weight is 511 g/mol. The Labute approximate surface area is 206 Å². The number of H-pyrrole nitrogens is 1. The number of hydrogen-bond acceptors (Lipinski definition) is 7. The summed E-state index contributed by atoms with van der Waals surface area (Å²) in [5, 5.41) is 13.1. The molecule has 0 saturated heterocycles. The molecule has 180 valence electrons. The molecule has 2 aromatic carbocycles. The van der Waals surface area contributed by atoms with Gasteiger partial charge in [-0.25, -0.2) is 15.4 Å². The molecule has 4 aromatic rings. The van der Waals surface area contributed by atoms with E-state index in [-0.39, 0.29) is 28.1 Å². The van der Waals surface area contributed by atoms with Crippen molar-refractivity contribution in [1.82, 2.24) is 15.0 Å². The lowest BCUT2D eigenvalue weighted by atomic mass is 10.1. The van der Waals surface area contributed by atoms with Crippen LogP contribution in [-0.2, 0) is 6.18 Å². The van der Waals surface area contributed by atoms with E-state index in [0.29, 0.717) is 23.1 Å². The summed E-state index contributed by atoms with van der Waals surface area (Å²) < 4.78 is 43.7. The fraction of sp³-hybridized carbons (Fsp3) is 0.0417. The first-order valence-corrected chi connectivity index (χ1v) is 10.5. The van der Waals surface area contributed by atoms with E-state index < -0.39 is 17.3 Å². The number of pyridine rings is 1. The van der Waals surface area contributed by atoms with E-state index in [2.05, 4.69) is 25.5 Å². The Hall–Kier alpha value is -4.69. The smallest absolute Gasteiger partial charge is 0.417 e. The van der Waals surface area contributed by atoms with E-state index >= 15 is 0 Å². The van der Waals surface area contributed by atoms with Crippen molar-refractivity contribution in [2.45, 2.75) is 6.18 Å². The van der Waals surface area contributed by atoms with Crippen molar-refractivity contribution >= 4 is 23.8 Å². The van der Waals surface area contributed by atoms with Crippen LogP contribution >= 0.6 is 11.6 Å². The number of ether oxygens (including phenoxy) is 1. The molecule has 0 unspecified atom stereocenters. The van der Waals surface area contributed by atoms with Gasteiger partial charge >= 0.3 is 6.18 Å². The van der Waals surface area contributed by atoms with Gasteiger partial charge in [0.25, 0.3) is 5.56 Å². The third kappa shape index (κ3) is 5.68. The van der Waals surface area contributed by atoms with E-state index in [9.17, 15) is 23.2 Å². The Morgan fingerprint density at radius 1 is 1.14 bits per heavy atom. The SMILES string of the molecule is N#Cc1c(-c2ccccc2)nc(NN=Cc2ccc(Oc3ncc(C(F)(F)F)cc3Cl)cc2)[nH]c1=O. The zero-order valence-corrected chi connectivity index (χ0v) is 18.8. The van der Waals surface area contributed by atoms with Crippen molar-refractivity contribution in [2.24, 2.45) is 5.10 Å². The van der Waals surface area contributed by atoms with Gasteiger partial charge in [0, 0.05) is 11.8 Å². The normalized spacial score (nSPS) is 11.3. The maximum absolute atomic E-state index is 12.7. The van der Waals surface area contributed by atoms with Crippen LogP contribution in [0.25, 0.3) is 11.3 Å². The Kier molecular flexibility index (Phi) is 6.98. The monoisotopic (exact) mass is 510 g/mol. The summed E-state index contributed by atoms with van der Waals surface area (Å²) in [4.78, 5) is 22.6. The van der Waals surface area contributed by atoms with Gasteiger partial charge in [-0.2, -0.15) is 23.5 Å². The summed E-state index contributed by atoms with van der Waals surface area (Å²) in [6.07, 6.45) is -2.49. The summed E-state index contributed by atoms with van der Waals surface area (Å²) >= 11 is 5.86. The van der Waals surface area contributed by atoms with Crippen LogP contribution < -0.4 is 15.7 Å². The molecule has 0 spiro atoms. The molecule has 0 radical (unpaired) electrons. The highest BCUT2D eigenvalue weighted by Gasteiger charge is 2.31. The van der Waals surface area contributed by atoms with Crippen LogP contribution in [0.5, 0.6) is 11.6 Å². The molecular formula is C24H14ClF3N6O2. The standard InChI is InChI=1S/C24H14ClF3N6O2/c25-19-10-16(24(26,27)28)13-30-22(19)36-17-8-6-14(7-9-17)12-31-34-23-32-20(15-4-2-1-3-5-15)18(11-29)21(35)33-23/h1-10,12-13H,(H2,32,33,34,35). The lowest BCUT2D eigenvalue weighted by Crippen LogP contribution is -2.16. The number of aromatic amines is 1. The van der Waals surface area contributed by atoms with Gasteiger partial charge in [-0.1, -0.05) is 41.9 Å². The molecule has 12 heteroatoms. The van der Waals surface area contributed by atoms with Gasteiger partial charge in [0.1, 0.15) is 22.4 Å². The number of benzene rings is 2. The van der Waals surface area contributed by atoms with Gasteiger partial charge < -0.3 is 4.74 Å². The lowest BCUT2D eigenvalue weighted by molar-refractivity contribution is -0.137. The molecule has 0 amide bonds. The predicted molar refractivity (Wildman–Crippen MR) is 127 cm³/mol. The summed E-state index contributed by atoms with van der Waals surface area (Å²) in [5.74, 6) is 0.162. The van der Waals surface area contributed by atoms with Crippen molar-refractivity contribution in [2.75, 3.05) is 5.43 Å². The van der Waals surface area contributed by atoms with E-state index in [1.807, 2.05) is 6.07 Å². The van der Waals surface area contributed by atoms with Crippen molar-refractivity contribution in [3.63, 3.8) is 0 Å². The van der Waals surface area contributed by atoms with Gasteiger partial charge in [-0.05, 0) is 35.9 Å². The molecule has 8 nitrogen and oxygen atoms in total. The van der Waals surface area contributed by atoms with E-state index in [1.54, 1.807) is 54.6 Å². The molecule has 2 N–H and O–H groups in total. The molecule has 2 aromatic heterocycles. The van der Waals surface area contributed by atoms with Crippen molar-refractivity contribution in [3.8, 4) is 29.0 Å². The first-order chi connectivity index (χ1) is 17.2. The second-order valence-electron chi connectivity index (χ2n) is 7.17. The third-order valence-corrected chi connectivity index (χ3v) is 4.96. The number of hydrogen-bond donors (Lipinski definition) is 2. The Morgan fingerprint density at radius 3 is 2.50 bits per heavy atom. The minimum Gasteiger partial charge on any atom is -0.438 e. The van der Waals surface area contributed by atoms with Crippen LogP contribution in [0.4, 0.5) is 19.1 Å². The molecule has 36 heavy (non-hydrogen) atoms. The zero-order valence-electron chi connectivity index (χ0n) is 18.0. The summed E-state index contributed by atoms with van der Waals surface area (Å²) in [7, 11) is 0. The number of aromatic nitrogens is 3. The Balaban J connectivity index is 1.45. The van der Waals surface area contributed by atoms with E-state index in [4.69, 9.17) is 16.3 Å². The van der Waals surface area contributed by atoms with Gasteiger partial charge in [0.15, 0.2) is 0 Å². The molecule has 0 aliphatic heterocycles. The number of alkyl halides is 3. The van der Waals surface area contributed by atoms with Crippen LogP contribution in [0, 0.1) is 11.3 Å². The number of rotatable bonds is 6. The van der Waals surface area contributed by atoms with Crippen LogP contribution in [-0.4, -0.2) is 21.2 Å². The average Bonchev–Trinajstić information content (AvgIpc) is 2.86. The molecule has 0 saturated carbocycles. The number of nitrogens with zero attached hydrogens (tertiary/aromatic N) is 4. The lowest BCUT2D eigenvalue weighted by Gasteiger charge is -2.10. The molecule has 4 rings (SSSR count). The van der Waals surface area contributed by atoms with E-state index in [0.717, 1.165) is 6.07 Å². The molecule has 0 aliphatic carbocycles. The van der Waals surface area contributed by atoms with Gasteiger partial charge in [0.2, 0.25) is 11.8 Å². The summed E-state index contributed by atoms with van der Waals surface area (Å²) in [6.45, 7) is 0. The highest BCUT2D eigenvalue weighted by molar-refractivity contribution is 6.31. The number of halogens is 4. The molecule has 2 heterocycles. The second-order valence-corrected chi connectivity index (χ2v) is 7.57. The number of nitrogens with one attached hydrogen (secondary N) is 2. The Bertz CT molecular complexity index is 1510. The van der Waals surface area contributed by atoms with Gasteiger partial charge in [-0.3, -0.25) is 9.78 Å². The van der Waals surface area contributed by atoms with Crippen molar-refractivity contribution in [1.29, 1.82) is 5.26 Å². The maximum atomic E-state index is 12.7. The van der Waals surface area contributed by atoms with Crippen LogP contribution in [0.2, 0.25) is 5.02 Å². The topological polar surface area (TPSA) is 116 Å². The third-order valence-electron chi connectivity index (χ3n) is 4.69. The summed E-state index contributed by atoms with van der Waals surface area (Å²) in [5.41, 5.74) is 2.36. The van der Waals surface area contributed by atoms with Crippen LogP contribution in [0.15, 0.2) is 76.8 Å². The minimum absolute atomic E-state index is 0.0390. The fourth-order valence-electron chi connectivity index (χ4n) is 2.99. The predicted octanol–water partition coefficient (Wildman–Crippen LogP) is 5.61. The quantitative estimate of drug-likeness (QED) is 0.257. The number of nitriles is 1.